The molecule has 0 aliphatic carbocycles. The summed E-state index contributed by atoms with van der Waals surface area (Å²) < 4.78 is 1.72. The Kier molecular flexibility index (Phi) is 5.11. The van der Waals surface area contributed by atoms with E-state index in [1.54, 1.807) is 10.9 Å². The maximum absolute atomic E-state index is 12.7. The molecule has 0 unspecified atom stereocenters. The summed E-state index contributed by atoms with van der Waals surface area (Å²) in [6.45, 7) is 3.72. The lowest BCUT2D eigenvalue weighted by Gasteiger charge is -2.22. The van der Waals surface area contributed by atoms with E-state index in [1.807, 2.05) is 49.2 Å². The molecule has 21 heavy (non-hydrogen) atoms. The fourth-order valence-electron chi connectivity index (χ4n) is 2.22. The molecule has 5 heteroatoms. The van der Waals surface area contributed by atoms with Crippen molar-refractivity contribution >= 4 is 5.91 Å². The van der Waals surface area contributed by atoms with Crippen LogP contribution in [0.4, 0.5) is 0 Å². The van der Waals surface area contributed by atoms with Gasteiger partial charge in [-0.05, 0) is 25.5 Å². The van der Waals surface area contributed by atoms with Crippen molar-refractivity contribution in [2.24, 2.45) is 12.8 Å². The maximum Gasteiger partial charge on any atom is 0.257 e. The number of aromatic nitrogens is 2. The summed E-state index contributed by atoms with van der Waals surface area (Å²) in [5, 5.41) is 4.15. The molecular weight excluding hydrogens is 264 g/mol. The lowest BCUT2D eigenvalue weighted by Crippen LogP contribution is -2.32. The van der Waals surface area contributed by atoms with Crippen LogP contribution in [0.1, 0.15) is 28.0 Å². The zero-order valence-corrected chi connectivity index (χ0v) is 12.6. The third-order valence-electron chi connectivity index (χ3n) is 3.60. The van der Waals surface area contributed by atoms with Gasteiger partial charge < -0.3 is 10.6 Å². The number of hydrogen-bond donors (Lipinski definition) is 1. The first kappa shape index (κ1) is 15.3. The van der Waals surface area contributed by atoms with E-state index < -0.39 is 0 Å². The van der Waals surface area contributed by atoms with E-state index in [1.165, 1.54) is 0 Å². The predicted octanol–water partition coefficient (Wildman–Crippen LogP) is 1.72. The Bertz CT molecular complexity index is 592. The topological polar surface area (TPSA) is 64.2 Å². The van der Waals surface area contributed by atoms with E-state index in [0.717, 1.165) is 17.7 Å². The van der Waals surface area contributed by atoms with E-state index in [9.17, 15) is 4.79 Å². The van der Waals surface area contributed by atoms with Gasteiger partial charge in [-0.15, -0.1) is 0 Å². The third kappa shape index (κ3) is 3.70. The highest BCUT2D eigenvalue weighted by atomic mass is 16.2. The number of amides is 1. The first-order valence-corrected chi connectivity index (χ1v) is 7.15. The smallest absolute Gasteiger partial charge is 0.257 e. The molecule has 0 saturated carbocycles. The molecular formula is C16H22N4O. The Labute approximate surface area is 125 Å². The van der Waals surface area contributed by atoms with Gasteiger partial charge in [-0.25, -0.2) is 0 Å². The van der Waals surface area contributed by atoms with E-state index >= 15 is 0 Å². The second kappa shape index (κ2) is 7.04. The molecule has 1 amide bonds. The Morgan fingerprint density at radius 2 is 2.05 bits per heavy atom. The molecule has 1 aromatic carbocycles. The van der Waals surface area contributed by atoms with Gasteiger partial charge in [-0.2, -0.15) is 5.10 Å². The first-order chi connectivity index (χ1) is 10.1. The van der Waals surface area contributed by atoms with Crippen LogP contribution in [0.5, 0.6) is 0 Å². The highest BCUT2D eigenvalue weighted by molar-refractivity contribution is 5.95. The molecule has 0 saturated heterocycles. The summed E-state index contributed by atoms with van der Waals surface area (Å²) in [7, 11) is 1.84. The van der Waals surface area contributed by atoms with Gasteiger partial charge in [0.2, 0.25) is 0 Å². The van der Waals surface area contributed by atoms with Gasteiger partial charge in [0.1, 0.15) is 0 Å². The number of benzene rings is 1. The highest BCUT2D eigenvalue weighted by Crippen LogP contribution is 2.13. The van der Waals surface area contributed by atoms with Crippen molar-refractivity contribution in [3.63, 3.8) is 0 Å². The van der Waals surface area contributed by atoms with Crippen LogP contribution in [0.2, 0.25) is 0 Å². The lowest BCUT2D eigenvalue weighted by atomic mass is 10.1. The van der Waals surface area contributed by atoms with Gasteiger partial charge >= 0.3 is 0 Å². The minimum atomic E-state index is 0.0119. The van der Waals surface area contributed by atoms with Crippen molar-refractivity contribution in [1.82, 2.24) is 14.7 Å². The monoisotopic (exact) mass is 286 g/mol. The molecule has 0 bridgehead atoms. The Hall–Kier alpha value is -2.14. The zero-order valence-electron chi connectivity index (χ0n) is 12.6. The summed E-state index contributed by atoms with van der Waals surface area (Å²) in [4.78, 5) is 14.6. The number of nitrogens with two attached hydrogens (primary N) is 1. The number of carbonyl (C=O) groups is 1. The molecule has 0 fully saturated rings. The van der Waals surface area contributed by atoms with Crippen molar-refractivity contribution < 1.29 is 4.79 Å². The van der Waals surface area contributed by atoms with Crippen molar-refractivity contribution in [3.8, 4) is 0 Å². The van der Waals surface area contributed by atoms with Crippen LogP contribution in [0, 0.1) is 6.92 Å². The van der Waals surface area contributed by atoms with Crippen molar-refractivity contribution in [2.45, 2.75) is 19.9 Å². The summed E-state index contributed by atoms with van der Waals surface area (Å²) in [5.41, 5.74) is 8.24. The van der Waals surface area contributed by atoms with E-state index in [-0.39, 0.29) is 5.91 Å². The average molecular weight is 286 g/mol. The summed E-state index contributed by atoms with van der Waals surface area (Å²) in [6, 6.07) is 9.99. The zero-order chi connectivity index (χ0) is 15.2. The molecule has 2 N–H and O–H groups in total. The van der Waals surface area contributed by atoms with Gasteiger partial charge in [0.25, 0.3) is 5.91 Å². The lowest BCUT2D eigenvalue weighted by molar-refractivity contribution is 0.0741. The first-order valence-electron chi connectivity index (χ1n) is 7.15. The van der Waals surface area contributed by atoms with Crippen molar-refractivity contribution in [2.75, 3.05) is 13.1 Å². The Balaban J connectivity index is 2.19. The molecule has 2 aromatic rings. The van der Waals surface area contributed by atoms with Gasteiger partial charge in [-0.1, -0.05) is 30.3 Å². The van der Waals surface area contributed by atoms with E-state index in [4.69, 9.17) is 5.73 Å². The van der Waals surface area contributed by atoms with Crippen LogP contribution >= 0.6 is 0 Å². The van der Waals surface area contributed by atoms with Crippen LogP contribution in [0.15, 0.2) is 36.5 Å². The highest BCUT2D eigenvalue weighted by Gasteiger charge is 2.19. The van der Waals surface area contributed by atoms with Crippen molar-refractivity contribution in [1.29, 1.82) is 0 Å². The predicted molar refractivity (Wildman–Crippen MR) is 82.8 cm³/mol. The summed E-state index contributed by atoms with van der Waals surface area (Å²) in [5.74, 6) is 0.0119. The standard InChI is InChI=1S/C16H22N4O/c1-13-15(11-18-19(13)2)16(21)20(10-6-9-17)12-14-7-4-3-5-8-14/h3-5,7-8,11H,6,9-10,12,17H2,1-2H3. The van der Waals surface area contributed by atoms with Crippen LogP contribution < -0.4 is 5.73 Å². The van der Waals surface area contributed by atoms with Gasteiger partial charge in [0.15, 0.2) is 0 Å². The van der Waals surface area contributed by atoms with Crippen molar-refractivity contribution in [3.05, 3.63) is 53.3 Å². The normalized spacial score (nSPS) is 10.6. The second-order valence-corrected chi connectivity index (χ2v) is 5.12. The number of hydrogen-bond acceptors (Lipinski definition) is 3. The van der Waals surface area contributed by atoms with Gasteiger partial charge in [0.05, 0.1) is 11.8 Å². The largest absolute Gasteiger partial charge is 0.334 e. The third-order valence-corrected chi connectivity index (χ3v) is 3.60. The number of aryl methyl sites for hydroxylation is 1. The van der Waals surface area contributed by atoms with Crippen LogP contribution in [-0.2, 0) is 13.6 Å². The Morgan fingerprint density at radius 1 is 1.33 bits per heavy atom. The Morgan fingerprint density at radius 3 is 2.62 bits per heavy atom. The van der Waals surface area contributed by atoms with E-state index in [0.29, 0.717) is 25.2 Å². The average Bonchev–Trinajstić information content (AvgIpc) is 2.84. The summed E-state index contributed by atoms with van der Waals surface area (Å²) >= 11 is 0. The fraction of sp³-hybridized carbons (Fsp3) is 0.375. The molecule has 112 valence electrons. The van der Waals surface area contributed by atoms with E-state index in [2.05, 4.69) is 5.10 Å². The SMILES string of the molecule is Cc1c(C(=O)N(CCCN)Cc2ccccc2)cnn1C. The second-order valence-electron chi connectivity index (χ2n) is 5.12. The molecule has 0 atom stereocenters. The summed E-state index contributed by atoms with van der Waals surface area (Å²) in [6.07, 6.45) is 2.43. The quantitative estimate of drug-likeness (QED) is 0.879. The molecule has 1 heterocycles. The maximum atomic E-state index is 12.7. The molecule has 0 radical (unpaired) electrons. The molecule has 2 rings (SSSR count). The van der Waals surface area contributed by atoms with Crippen LogP contribution in [-0.4, -0.2) is 33.7 Å². The number of carbonyl (C=O) groups excluding carboxylic acids is 1. The number of nitrogens with zero attached hydrogens (tertiary/aromatic N) is 3. The molecule has 1 aromatic heterocycles. The van der Waals surface area contributed by atoms with Gasteiger partial charge in [-0.3, -0.25) is 9.48 Å². The number of rotatable bonds is 6. The molecule has 5 nitrogen and oxygen atoms in total. The molecule has 0 spiro atoms. The van der Waals surface area contributed by atoms with Gasteiger partial charge in [0, 0.05) is 25.8 Å². The molecule has 0 aliphatic rings. The van der Waals surface area contributed by atoms with Crippen LogP contribution in [0.3, 0.4) is 0 Å². The molecule has 0 aliphatic heterocycles. The fourth-order valence-corrected chi connectivity index (χ4v) is 2.22. The minimum absolute atomic E-state index is 0.0119. The van der Waals surface area contributed by atoms with Crippen LogP contribution in [0.25, 0.3) is 0 Å². The minimum Gasteiger partial charge on any atom is -0.334 e.